The van der Waals surface area contributed by atoms with Crippen molar-refractivity contribution in [2.75, 3.05) is 13.7 Å². The first-order valence-electron chi connectivity index (χ1n) is 9.27. The summed E-state index contributed by atoms with van der Waals surface area (Å²) in [5, 5.41) is 6.91. The fraction of sp³-hybridized carbons (Fsp3) is 0.789. The number of nitrogens with one attached hydrogen (secondary N) is 2. The van der Waals surface area contributed by atoms with E-state index in [9.17, 15) is 0 Å². The summed E-state index contributed by atoms with van der Waals surface area (Å²) >= 11 is 0. The van der Waals surface area contributed by atoms with Gasteiger partial charge < -0.3 is 19.8 Å². The molecule has 0 amide bonds. The van der Waals surface area contributed by atoms with Gasteiger partial charge in [0.25, 0.3) is 0 Å². The van der Waals surface area contributed by atoms with Crippen LogP contribution in [0.2, 0.25) is 0 Å². The molecule has 1 saturated carbocycles. The number of aliphatic imine (C=N–C) groups is 1. The predicted molar refractivity (Wildman–Crippen MR) is 98.6 cm³/mol. The number of guanidine groups is 1. The fourth-order valence-electron chi connectivity index (χ4n) is 4.06. The Morgan fingerprint density at radius 2 is 2.16 bits per heavy atom. The van der Waals surface area contributed by atoms with E-state index in [4.69, 9.17) is 9.15 Å². The van der Waals surface area contributed by atoms with Crippen molar-refractivity contribution >= 4 is 5.96 Å². The van der Waals surface area contributed by atoms with Crippen molar-refractivity contribution in [3.05, 3.63) is 17.8 Å². The first-order chi connectivity index (χ1) is 11.7. The number of fused-ring (bicyclic) bond motifs is 1. The van der Waals surface area contributed by atoms with E-state index in [-0.39, 0.29) is 10.8 Å². The van der Waals surface area contributed by atoms with Crippen molar-refractivity contribution in [2.24, 2.45) is 16.3 Å². The average Bonchev–Trinajstić information content (AvgIpc) is 3.04. The quantitative estimate of drug-likeness (QED) is 0.649. The van der Waals surface area contributed by atoms with Crippen molar-refractivity contribution in [2.45, 2.75) is 71.6 Å². The van der Waals surface area contributed by atoms with Crippen LogP contribution < -0.4 is 10.6 Å². The number of rotatable bonds is 3. The maximum Gasteiger partial charge on any atom is 0.213 e. The van der Waals surface area contributed by atoms with Gasteiger partial charge in [0.2, 0.25) is 5.89 Å². The monoisotopic (exact) mass is 348 g/mol. The lowest BCUT2D eigenvalue weighted by atomic mass is 9.55. The van der Waals surface area contributed by atoms with E-state index in [1.807, 2.05) is 6.20 Å². The van der Waals surface area contributed by atoms with Gasteiger partial charge in [-0.2, -0.15) is 0 Å². The van der Waals surface area contributed by atoms with Crippen LogP contribution in [0.1, 0.15) is 59.1 Å². The minimum absolute atomic E-state index is 0.0306. The highest BCUT2D eigenvalue weighted by molar-refractivity contribution is 5.80. The second-order valence-electron chi connectivity index (χ2n) is 8.83. The normalized spacial score (nSPS) is 28.9. The lowest BCUT2D eigenvalue weighted by Gasteiger charge is -2.60. The summed E-state index contributed by atoms with van der Waals surface area (Å²) in [7, 11) is 1.80. The zero-order valence-electron chi connectivity index (χ0n) is 16.3. The van der Waals surface area contributed by atoms with Crippen LogP contribution in [-0.2, 0) is 16.7 Å². The topological polar surface area (TPSA) is 71.7 Å². The first-order valence-corrected chi connectivity index (χ1v) is 9.27. The number of oxazole rings is 1. The summed E-state index contributed by atoms with van der Waals surface area (Å²) in [6.45, 7) is 12.3. The lowest BCUT2D eigenvalue weighted by molar-refractivity contribution is -0.188. The highest BCUT2D eigenvalue weighted by Gasteiger charge is 2.58. The molecule has 2 N–H and O–H groups in total. The van der Waals surface area contributed by atoms with Gasteiger partial charge >= 0.3 is 0 Å². The van der Waals surface area contributed by atoms with Gasteiger partial charge in [0, 0.05) is 36.4 Å². The van der Waals surface area contributed by atoms with Crippen LogP contribution >= 0.6 is 0 Å². The van der Waals surface area contributed by atoms with E-state index in [1.165, 1.54) is 6.42 Å². The Labute approximate surface area is 150 Å². The Kier molecular flexibility index (Phi) is 4.84. The molecule has 0 bridgehead atoms. The molecule has 140 valence electrons. The summed E-state index contributed by atoms with van der Waals surface area (Å²) in [6, 6.07) is 0.374. The Hall–Kier alpha value is -1.56. The minimum Gasteiger partial charge on any atom is -0.443 e. The summed E-state index contributed by atoms with van der Waals surface area (Å²) in [4.78, 5) is 8.73. The fourth-order valence-corrected chi connectivity index (χ4v) is 4.06. The van der Waals surface area contributed by atoms with Crippen LogP contribution in [0, 0.1) is 11.3 Å². The molecule has 1 aliphatic heterocycles. The summed E-state index contributed by atoms with van der Waals surface area (Å²) in [6.07, 6.45) is 4.54. The zero-order chi connectivity index (χ0) is 18.2. The molecule has 3 atom stereocenters. The highest BCUT2D eigenvalue weighted by Crippen LogP contribution is 2.51. The SMILES string of the molecule is CN=C(NCc1ncc(C(C)(C)C)o1)NC1C2CCCOC2C1(C)C. The molecular formula is C19H32N4O2. The largest absolute Gasteiger partial charge is 0.443 e. The third-order valence-corrected chi connectivity index (χ3v) is 5.55. The molecular weight excluding hydrogens is 316 g/mol. The minimum atomic E-state index is -0.0306. The van der Waals surface area contributed by atoms with Gasteiger partial charge in [-0.3, -0.25) is 4.99 Å². The average molecular weight is 348 g/mol. The Bertz CT molecular complexity index is 630. The van der Waals surface area contributed by atoms with Gasteiger partial charge in [-0.1, -0.05) is 34.6 Å². The van der Waals surface area contributed by atoms with Gasteiger partial charge in [0.05, 0.1) is 18.8 Å². The van der Waals surface area contributed by atoms with Gasteiger partial charge in [0.15, 0.2) is 5.96 Å². The van der Waals surface area contributed by atoms with Crippen molar-refractivity contribution < 1.29 is 9.15 Å². The zero-order valence-corrected chi connectivity index (χ0v) is 16.3. The second kappa shape index (κ2) is 6.63. The molecule has 0 radical (unpaired) electrons. The molecule has 3 unspecified atom stereocenters. The van der Waals surface area contributed by atoms with Crippen molar-refractivity contribution in [3.63, 3.8) is 0 Å². The number of aromatic nitrogens is 1. The van der Waals surface area contributed by atoms with Gasteiger partial charge in [-0.05, 0) is 12.8 Å². The summed E-state index contributed by atoms with van der Waals surface area (Å²) in [5.41, 5.74) is 0.0855. The van der Waals surface area contributed by atoms with Crippen molar-refractivity contribution in [3.8, 4) is 0 Å². The van der Waals surface area contributed by atoms with Crippen LogP contribution in [0.3, 0.4) is 0 Å². The van der Waals surface area contributed by atoms with E-state index >= 15 is 0 Å². The molecule has 2 aliphatic rings. The molecule has 0 aromatic carbocycles. The van der Waals surface area contributed by atoms with Crippen LogP contribution in [0.4, 0.5) is 0 Å². The van der Waals surface area contributed by atoms with Gasteiger partial charge in [-0.25, -0.2) is 4.98 Å². The number of nitrogens with zero attached hydrogens (tertiary/aromatic N) is 2. The van der Waals surface area contributed by atoms with E-state index in [1.54, 1.807) is 7.05 Å². The van der Waals surface area contributed by atoms with Gasteiger partial charge in [-0.15, -0.1) is 0 Å². The highest BCUT2D eigenvalue weighted by atomic mass is 16.5. The van der Waals surface area contributed by atoms with Crippen LogP contribution in [-0.4, -0.2) is 36.7 Å². The molecule has 3 rings (SSSR count). The van der Waals surface area contributed by atoms with Crippen molar-refractivity contribution in [1.29, 1.82) is 0 Å². The smallest absolute Gasteiger partial charge is 0.213 e. The summed E-state index contributed by atoms with van der Waals surface area (Å²) in [5.74, 6) is 2.93. The number of ether oxygens (including phenoxy) is 1. The van der Waals surface area contributed by atoms with Crippen molar-refractivity contribution in [1.82, 2.24) is 15.6 Å². The Morgan fingerprint density at radius 1 is 1.40 bits per heavy atom. The molecule has 2 fully saturated rings. The van der Waals surface area contributed by atoms with E-state index in [0.29, 0.717) is 30.5 Å². The Balaban J connectivity index is 1.58. The molecule has 1 saturated heterocycles. The third kappa shape index (κ3) is 3.54. The Morgan fingerprint density at radius 3 is 2.80 bits per heavy atom. The van der Waals surface area contributed by atoms with E-state index in [0.717, 1.165) is 24.7 Å². The van der Waals surface area contributed by atoms with Crippen LogP contribution in [0.15, 0.2) is 15.6 Å². The van der Waals surface area contributed by atoms with Gasteiger partial charge in [0.1, 0.15) is 5.76 Å². The lowest BCUT2D eigenvalue weighted by Crippen LogP contribution is -2.71. The molecule has 0 spiro atoms. The standard InChI is InChI=1S/C19H32N4O2/c1-18(2,3)13-10-21-14(25-13)11-22-17(20-6)23-15-12-8-7-9-24-16(12)19(15,4)5/h10,12,15-16H,7-9,11H2,1-6H3,(H2,20,22,23). The first kappa shape index (κ1) is 18.2. The predicted octanol–water partition coefficient (Wildman–Crippen LogP) is 2.84. The molecule has 6 heteroatoms. The number of hydrogen-bond acceptors (Lipinski definition) is 4. The van der Waals surface area contributed by atoms with Crippen LogP contribution in [0.5, 0.6) is 0 Å². The molecule has 2 heterocycles. The summed E-state index contributed by atoms with van der Waals surface area (Å²) < 4.78 is 11.8. The molecule has 6 nitrogen and oxygen atoms in total. The maximum absolute atomic E-state index is 5.98. The van der Waals surface area contributed by atoms with E-state index < -0.39 is 0 Å². The number of hydrogen-bond donors (Lipinski definition) is 2. The molecule has 25 heavy (non-hydrogen) atoms. The van der Waals surface area contributed by atoms with E-state index in [2.05, 4.69) is 55.2 Å². The second-order valence-corrected chi connectivity index (χ2v) is 8.83. The third-order valence-electron chi connectivity index (χ3n) is 5.55. The van der Waals surface area contributed by atoms with Crippen LogP contribution in [0.25, 0.3) is 0 Å². The maximum atomic E-state index is 5.98. The molecule has 1 aliphatic carbocycles. The molecule has 1 aromatic heterocycles. The molecule has 1 aromatic rings.